The highest BCUT2D eigenvalue weighted by Gasteiger charge is 2.44. The Labute approximate surface area is 49.1 Å². The molecule has 0 aromatic carbocycles. The van der Waals surface area contributed by atoms with Crippen LogP contribution in [-0.2, 0) is 4.79 Å². The molecule has 1 heteroatoms. The Morgan fingerprint density at radius 2 is 2.38 bits per heavy atom. The first kappa shape index (κ1) is 4.54. The lowest BCUT2D eigenvalue weighted by atomic mass is 10.00. The third-order valence-corrected chi connectivity index (χ3v) is 2.33. The normalized spacial score (nSPS) is 43.8. The van der Waals surface area contributed by atoms with E-state index in [1.165, 1.54) is 19.3 Å². The average Bonchev–Trinajstić information content (AvgIpc) is 2.45. The second-order valence-electron chi connectivity index (χ2n) is 2.96. The van der Waals surface area contributed by atoms with Gasteiger partial charge in [0.05, 0.1) is 0 Å². The van der Waals surface area contributed by atoms with Gasteiger partial charge in [-0.05, 0) is 25.2 Å². The maximum absolute atomic E-state index is 10.8. The van der Waals surface area contributed by atoms with E-state index in [0.717, 1.165) is 12.3 Å². The standard InChI is InChI=1S/C7H10O/c8-7-3-1-2-5-4-6(5)7/h5-6H,1-4H2/t5-,6-/m1/s1. The van der Waals surface area contributed by atoms with E-state index in [1.54, 1.807) is 0 Å². The van der Waals surface area contributed by atoms with Crippen molar-refractivity contribution in [2.45, 2.75) is 25.7 Å². The Morgan fingerprint density at radius 1 is 1.50 bits per heavy atom. The van der Waals surface area contributed by atoms with E-state index in [9.17, 15) is 4.79 Å². The SMILES string of the molecule is O=C1CCC[C@@H]2C[C@@H]12. The number of carbonyl (C=O) groups is 1. The van der Waals surface area contributed by atoms with Crippen LogP contribution >= 0.6 is 0 Å². The molecule has 2 rings (SSSR count). The number of Topliss-reactive ketones (excluding diaryl/α,β-unsaturated/α-hetero) is 1. The smallest absolute Gasteiger partial charge is 0.136 e. The molecule has 0 N–H and O–H groups in total. The van der Waals surface area contributed by atoms with Gasteiger partial charge >= 0.3 is 0 Å². The van der Waals surface area contributed by atoms with Gasteiger partial charge in [-0.2, -0.15) is 0 Å². The number of ketones is 1. The van der Waals surface area contributed by atoms with E-state index in [2.05, 4.69) is 0 Å². The Morgan fingerprint density at radius 3 is 3.00 bits per heavy atom. The van der Waals surface area contributed by atoms with E-state index >= 15 is 0 Å². The molecule has 8 heavy (non-hydrogen) atoms. The number of hydrogen-bond donors (Lipinski definition) is 0. The topological polar surface area (TPSA) is 17.1 Å². The van der Waals surface area contributed by atoms with Crippen LogP contribution in [-0.4, -0.2) is 5.78 Å². The summed E-state index contributed by atoms with van der Waals surface area (Å²) in [5.41, 5.74) is 0. The fraction of sp³-hybridized carbons (Fsp3) is 0.857. The summed E-state index contributed by atoms with van der Waals surface area (Å²) in [7, 11) is 0. The minimum absolute atomic E-state index is 0.531. The molecule has 2 aliphatic rings. The van der Waals surface area contributed by atoms with Crippen molar-refractivity contribution in [3.8, 4) is 0 Å². The highest BCUT2D eigenvalue weighted by atomic mass is 16.1. The molecule has 0 bridgehead atoms. The van der Waals surface area contributed by atoms with Crippen LogP contribution in [0, 0.1) is 11.8 Å². The van der Waals surface area contributed by atoms with Crippen molar-refractivity contribution >= 4 is 5.78 Å². The number of hydrogen-bond acceptors (Lipinski definition) is 1. The van der Waals surface area contributed by atoms with Crippen molar-refractivity contribution in [2.75, 3.05) is 0 Å². The van der Waals surface area contributed by atoms with Crippen molar-refractivity contribution < 1.29 is 4.79 Å². The minimum atomic E-state index is 0.531. The zero-order valence-corrected chi connectivity index (χ0v) is 4.89. The molecule has 0 aliphatic heterocycles. The first-order valence-corrected chi connectivity index (χ1v) is 3.40. The average molecular weight is 110 g/mol. The first-order valence-electron chi connectivity index (χ1n) is 3.40. The molecule has 0 aromatic heterocycles. The summed E-state index contributed by atoms with van der Waals surface area (Å²) < 4.78 is 0. The van der Waals surface area contributed by atoms with Gasteiger partial charge in [0.25, 0.3) is 0 Å². The quantitative estimate of drug-likeness (QED) is 0.460. The second-order valence-corrected chi connectivity index (χ2v) is 2.96. The van der Waals surface area contributed by atoms with Crippen LogP contribution in [0.2, 0.25) is 0 Å². The lowest BCUT2D eigenvalue weighted by molar-refractivity contribution is -0.121. The zero-order valence-electron chi connectivity index (χ0n) is 4.89. The molecule has 0 spiro atoms. The molecule has 0 aromatic rings. The van der Waals surface area contributed by atoms with Gasteiger partial charge in [-0.15, -0.1) is 0 Å². The minimum Gasteiger partial charge on any atom is -0.299 e. The van der Waals surface area contributed by atoms with Crippen molar-refractivity contribution in [3.63, 3.8) is 0 Å². The molecule has 0 unspecified atom stereocenters. The Kier molecular flexibility index (Phi) is 0.758. The highest BCUT2D eigenvalue weighted by Crippen LogP contribution is 2.47. The van der Waals surface area contributed by atoms with E-state index in [-0.39, 0.29) is 0 Å². The van der Waals surface area contributed by atoms with Crippen molar-refractivity contribution in [3.05, 3.63) is 0 Å². The maximum Gasteiger partial charge on any atom is 0.136 e. The Balaban J connectivity index is 2.08. The zero-order chi connectivity index (χ0) is 5.56. The summed E-state index contributed by atoms with van der Waals surface area (Å²) in [6.07, 6.45) is 4.59. The number of rotatable bonds is 0. The van der Waals surface area contributed by atoms with Crippen LogP contribution in [0.1, 0.15) is 25.7 Å². The molecule has 1 nitrogen and oxygen atoms in total. The summed E-state index contributed by atoms with van der Waals surface area (Å²) in [5, 5.41) is 0. The summed E-state index contributed by atoms with van der Waals surface area (Å²) in [6.45, 7) is 0. The summed E-state index contributed by atoms with van der Waals surface area (Å²) in [5.74, 6) is 1.90. The highest BCUT2D eigenvalue weighted by molar-refractivity contribution is 5.84. The Hall–Kier alpha value is -0.330. The molecule has 2 atom stereocenters. The van der Waals surface area contributed by atoms with E-state index in [1.807, 2.05) is 0 Å². The largest absolute Gasteiger partial charge is 0.299 e. The fourth-order valence-corrected chi connectivity index (χ4v) is 1.68. The molecule has 0 saturated heterocycles. The molecular weight excluding hydrogens is 100 g/mol. The Bertz CT molecular complexity index is 128. The number of carbonyl (C=O) groups excluding carboxylic acids is 1. The third kappa shape index (κ3) is 0.504. The predicted octanol–water partition coefficient (Wildman–Crippen LogP) is 1.38. The summed E-state index contributed by atoms with van der Waals surface area (Å²) in [4.78, 5) is 10.8. The molecule has 2 fully saturated rings. The maximum atomic E-state index is 10.8. The van der Waals surface area contributed by atoms with Crippen LogP contribution in [0.4, 0.5) is 0 Å². The third-order valence-electron chi connectivity index (χ3n) is 2.33. The van der Waals surface area contributed by atoms with Gasteiger partial charge in [-0.25, -0.2) is 0 Å². The number of fused-ring (bicyclic) bond motifs is 1. The molecule has 2 saturated carbocycles. The van der Waals surface area contributed by atoms with Crippen molar-refractivity contribution in [2.24, 2.45) is 11.8 Å². The van der Waals surface area contributed by atoms with Gasteiger partial charge < -0.3 is 0 Å². The summed E-state index contributed by atoms with van der Waals surface area (Å²) >= 11 is 0. The predicted molar refractivity (Wildman–Crippen MR) is 30.5 cm³/mol. The molecule has 0 amide bonds. The second kappa shape index (κ2) is 1.34. The first-order chi connectivity index (χ1) is 3.88. The van der Waals surface area contributed by atoms with Gasteiger partial charge in [-0.1, -0.05) is 0 Å². The van der Waals surface area contributed by atoms with Crippen LogP contribution in [0.15, 0.2) is 0 Å². The van der Waals surface area contributed by atoms with Crippen LogP contribution < -0.4 is 0 Å². The summed E-state index contributed by atoms with van der Waals surface area (Å²) in [6, 6.07) is 0. The van der Waals surface area contributed by atoms with E-state index < -0.39 is 0 Å². The fourth-order valence-electron chi connectivity index (χ4n) is 1.68. The molecule has 0 radical (unpaired) electrons. The van der Waals surface area contributed by atoms with Gasteiger partial charge in [0.2, 0.25) is 0 Å². The lowest BCUT2D eigenvalue weighted by Gasteiger charge is -2.04. The van der Waals surface area contributed by atoms with Crippen molar-refractivity contribution in [1.29, 1.82) is 0 Å². The van der Waals surface area contributed by atoms with E-state index in [4.69, 9.17) is 0 Å². The van der Waals surface area contributed by atoms with E-state index in [0.29, 0.717) is 11.7 Å². The van der Waals surface area contributed by atoms with Crippen LogP contribution in [0.3, 0.4) is 0 Å². The van der Waals surface area contributed by atoms with Gasteiger partial charge in [-0.3, -0.25) is 4.79 Å². The lowest BCUT2D eigenvalue weighted by Crippen LogP contribution is -2.07. The van der Waals surface area contributed by atoms with Gasteiger partial charge in [0, 0.05) is 12.3 Å². The molecule has 44 valence electrons. The van der Waals surface area contributed by atoms with Crippen molar-refractivity contribution in [1.82, 2.24) is 0 Å². The van der Waals surface area contributed by atoms with Crippen LogP contribution in [0.5, 0.6) is 0 Å². The van der Waals surface area contributed by atoms with Gasteiger partial charge in [0.1, 0.15) is 5.78 Å². The monoisotopic (exact) mass is 110 g/mol. The molecule has 2 aliphatic carbocycles. The molecule has 0 heterocycles. The molecular formula is C7H10O. The van der Waals surface area contributed by atoms with Crippen LogP contribution in [0.25, 0.3) is 0 Å². The van der Waals surface area contributed by atoms with Gasteiger partial charge in [0.15, 0.2) is 0 Å².